The van der Waals surface area contributed by atoms with Crippen LogP contribution < -0.4 is 20.1 Å². The second-order valence-corrected chi connectivity index (χ2v) is 5.93. The molecule has 0 unspecified atom stereocenters. The van der Waals surface area contributed by atoms with E-state index in [4.69, 9.17) is 9.47 Å². The first kappa shape index (κ1) is 15.9. The molecule has 1 aliphatic heterocycles. The molecule has 0 aliphatic carbocycles. The largest absolute Gasteiger partial charge is 0.497 e. The van der Waals surface area contributed by atoms with Gasteiger partial charge in [0.2, 0.25) is 0 Å². The number of amides is 2. The Kier molecular flexibility index (Phi) is 3.89. The van der Waals surface area contributed by atoms with Crippen LogP contribution >= 0.6 is 0 Å². The molecular formula is C18H18N2O4. The van der Waals surface area contributed by atoms with Crippen molar-refractivity contribution < 1.29 is 19.1 Å². The molecular weight excluding hydrogens is 308 g/mol. The Morgan fingerprint density at radius 1 is 1.17 bits per heavy atom. The van der Waals surface area contributed by atoms with E-state index in [-0.39, 0.29) is 11.8 Å². The molecule has 0 saturated heterocycles. The van der Waals surface area contributed by atoms with E-state index in [1.54, 1.807) is 63.4 Å². The van der Waals surface area contributed by atoms with Crippen molar-refractivity contribution in [2.45, 2.75) is 19.4 Å². The molecule has 124 valence electrons. The Hall–Kier alpha value is -3.02. The van der Waals surface area contributed by atoms with Crippen LogP contribution in [-0.2, 0) is 4.79 Å². The highest BCUT2D eigenvalue weighted by Crippen LogP contribution is 2.39. The van der Waals surface area contributed by atoms with Gasteiger partial charge in [-0.2, -0.15) is 0 Å². The van der Waals surface area contributed by atoms with Crippen molar-refractivity contribution in [3.8, 4) is 11.5 Å². The van der Waals surface area contributed by atoms with Gasteiger partial charge in [0, 0.05) is 5.56 Å². The molecule has 2 amide bonds. The number of methoxy groups -OCH3 is 1. The molecule has 2 aromatic carbocycles. The normalized spacial score (nSPS) is 14.9. The minimum Gasteiger partial charge on any atom is -0.497 e. The van der Waals surface area contributed by atoms with E-state index in [0.29, 0.717) is 28.4 Å². The zero-order chi connectivity index (χ0) is 17.3. The standard InChI is InChI=1S/C18H18N2O4/c1-18(2)17(22)20-15-13(5-4-6-14(15)24-18)19-16(21)11-7-9-12(23-3)10-8-11/h4-10H,1-3H3,(H,19,21)(H,20,22). The number of rotatable bonds is 3. The van der Waals surface area contributed by atoms with Crippen LogP contribution in [0, 0.1) is 0 Å². The highest BCUT2D eigenvalue weighted by Gasteiger charge is 2.36. The van der Waals surface area contributed by atoms with Gasteiger partial charge in [-0.25, -0.2) is 0 Å². The summed E-state index contributed by atoms with van der Waals surface area (Å²) >= 11 is 0. The van der Waals surface area contributed by atoms with Crippen LogP contribution in [0.4, 0.5) is 11.4 Å². The third kappa shape index (κ3) is 2.90. The Morgan fingerprint density at radius 3 is 2.54 bits per heavy atom. The number of benzene rings is 2. The monoisotopic (exact) mass is 326 g/mol. The number of nitrogens with one attached hydrogen (secondary N) is 2. The quantitative estimate of drug-likeness (QED) is 0.909. The Labute approximate surface area is 139 Å². The summed E-state index contributed by atoms with van der Waals surface area (Å²) in [5.74, 6) is 0.643. The molecule has 1 heterocycles. The van der Waals surface area contributed by atoms with Crippen LogP contribution in [-0.4, -0.2) is 24.5 Å². The summed E-state index contributed by atoms with van der Waals surface area (Å²) in [6.07, 6.45) is 0. The van der Waals surface area contributed by atoms with Crippen molar-refractivity contribution in [3.63, 3.8) is 0 Å². The summed E-state index contributed by atoms with van der Waals surface area (Å²) in [7, 11) is 1.56. The highest BCUT2D eigenvalue weighted by atomic mass is 16.5. The molecule has 0 aromatic heterocycles. The molecule has 2 aromatic rings. The fourth-order valence-corrected chi connectivity index (χ4v) is 2.37. The summed E-state index contributed by atoms with van der Waals surface area (Å²) in [5.41, 5.74) is 0.476. The van der Waals surface area contributed by atoms with Crippen LogP contribution in [0.1, 0.15) is 24.2 Å². The maximum atomic E-state index is 12.4. The van der Waals surface area contributed by atoms with Gasteiger partial charge in [0.1, 0.15) is 17.2 Å². The number of hydrogen-bond donors (Lipinski definition) is 2. The van der Waals surface area contributed by atoms with Gasteiger partial charge in [-0.05, 0) is 50.2 Å². The molecule has 0 saturated carbocycles. The molecule has 3 rings (SSSR count). The van der Waals surface area contributed by atoms with E-state index < -0.39 is 5.60 Å². The van der Waals surface area contributed by atoms with Crippen molar-refractivity contribution in [1.82, 2.24) is 0 Å². The Morgan fingerprint density at radius 2 is 1.88 bits per heavy atom. The zero-order valence-electron chi connectivity index (χ0n) is 13.7. The van der Waals surface area contributed by atoms with Gasteiger partial charge < -0.3 is 20.1 Å². The van der Waals surface area contributed by atoms with Gasteiger partial charge in [-0.1, -0.05) is 6.07 Å². The number of carbonyl (C=O) groups excluding carboxylic acids is 2. The van der Waals surface area contributed by atoms with Crippen LogP contribution in [0.15, 0.2) is 42.5 Å². The maximum absolute atomic E-state index is 12.4. The molecule has 6 nitrogen and oxygen atoms in total. The number of anilines is 2. The van der Waals surface area contributed by atoms with E-state index in [0.717, 1.165) is 0 Å². The smallest absolute Gasteiger partial charge is 0.268 e. The summed E-state index contributed by atoms with van der Waals surface area (Å²) in [6, 6.07) is 12.0. The first-order chi connectivity index (χ1) is 11.4. The molecule has 0 fully saturated rings. The van der Waals surface area contributed by atoms with E-state index in [1.165, 1.54) is 0 Å². The molecule has 0 bridgehead atoms. The van der Waals surface area contributed by atoms with Crippen LogP contribution in [0.2, 0.25) is 0 Å². The van der Waals surface area contributed by atoms with E-state index >= 15 is 0 Å². The third-order valence-corrected chi connectivity index (χ3v) is 3.78. The number of ether oxygens (including phenoxy) is 2. The summed E-state index contributed by atoms with van der Waals surface area (Å²) in [6.45, 7) is 3.38. The van der Waals surface area contributed by atoms with Crippen molar-refractivity contribution in [1.29, 1.82) is 0 Å². The highest BCUT2D eigenvalue weighted by molar-refractivity contribution is 6.09. The second kappa shape index (κ2) is 5.88. The lowest BCUT2D eigenvalue weighted by Gasteiger charge is -2.32. The first-order valence-electron chi connectivity index (χ1n) is 7.49. The van der Waals surface area contributed by atoms with Gasteiger partial charge in [-0.15, -0.1) is 0 Å². The molecule has 0 radical (unpaired) electrons. The Bertz CT molecular complexity index is 797. The van der Waals surface area contributed by atoms with E-state index in [1.807, 2.05) is 0 Å². The first-order valence-corrected chi connectivity index (χ1v) is 7.49. The van der Waals surface area contributed by atoms with Gasteiger partial charge in [0.05, 0.1) is 12.8 Å². The molecule has 2 N–H and O–H groups in total. The van der Waals surface area contributed by atoms with Crippen LogP contribution in [0.25, 0.3) is 0 Å². The van der Waals surface area contributed by atoms with E-state index in [9.17, 15) is 9.59 Å². The molecule has 6 heteroatoms. The van der Waals surface area contributed by atoms with Crippen LogP contribution in [0.3, 0.4) is 0 Å². The minimum absolute atomic E-state index is 0.263. The average molecular weight is 326 g/mol. The molecule has 0 spiro atoms. The van der Waals surface area contributed by atoms with Crippen molar-refractivity contribution in [2.24, 2.45) is 0 Å². The van der Waals surface area contributed by atoms with Gasteiger partial charge >= 0.3 is 0 Å². The predicted molar refractivity (Wildman–Crippen MR) is 90.7 cm³/mol. The minimum atomic E-state index is -0.953. The molecule has 24 heavy (non-hydrogen) atoms. The summed E-state index contributed by atoms with van der Waals surface area (Å²) in [5, 5.41) is 5.59. The number of fused-ring (bicyclic) bond motifs is 1. The van der Waals surface area contributed by atoms with Gasteiger partial charge in [0.15, 0.2) is 5.60 Å². The Balaban J connectivity index is 1.86. The lowest BCUT2D eigenvalue weighted by atomic mass is 10.1. The van der Waals surface area contributed by atoms with Crippen LogP contribution in [0.5, 0.6) is 11.5 Å². The number of para-hydroxylation sites is 1. The number of hydrogen-bond acceptors (Lipinski definition) is 4. The number of carbonyl (C=O) groups is 2. The average Bonchev–Trinajstić information content (AvgIpc) is 2.56. The lowest BCUT2D eigenvalue weighted by molar-refractivity contribution is -0.129. The zero-order valence-corrected chi connectivity index (χ0v) is 13.7. The SMILES string of the molecule is COc1ccc(C(=O)Nc2cccc3c2NC(=O)C(C)(C)O3)cc1. The topological polar surface area (TPSA) is 76.7 Å². The lowest BCUT2D eigenvalue weighted by Crippen LogP contribution is -2.45. The van der Waals surface area contributed by atoms with Crippen molar-refractivity contribution in [2.75, 3.05) is 17.7 Å². The van der Waals surface area contributed by atoms with Crippen molar-refractivity contribution in [3.05, 3.63) is 48.0 Å². The second-order valence-electron chi connectivity index (χ2n) is 5.93. The van der Waals surface area contributed by atoms with Gasteiger partial charge in [-0.3, -0.25) is 9.59 Å². The summed E-state index contributed by atoms with van der Waals surface area (Å²) in [4.78, 5) is 24.5. The van der Waals surface area contributed by atoms with Crippen molar-refractivity contribution >= 4 is 23.2 Å². The maximum Gasteiger partial charge on any atom is 0.268 e. The molecule has 0 atom stereocenters. The predicted octanol–water partition coefficient (Wildman–Crippen LogP) is 3.06. The fourth-order valence-electron chi connectivity index (χ4n) is 2.37. The fraction of sp³-hybridized carbons (Fsp3) is 0.222. The summed E-state index contributed by atoms with van der Waals surface area (Å²) < 4.78 is 10.8. The molecule has 1 aliphatic rings. The third-order valence-electron chi connectivity index (χ3n) is 3.78. The van der Waals surface area contributed by atoms with E-state index in [2.05, 4.69) is 10.6 Å². The van der Waals surface area contributed by atoms with Gasteiger partial charge in [0.25, 0.3) is 11.8 Å².